The van der Waals surface area contributed by atoms with Crippen LogP contribution in [-0.2, 0) is 6.42 Å². The number of rotatable bonds is 4. The van der Waals surface area contributed by atoms with E-state index < -0.39 is 0 Å². The zero-order chi connectivity index (χ0) is 12.1. The third-order valence-corrected chi connectivity index (χ3v) is 3.37. The topological polar surface area (TPSA) is 33.0 Å². The molecule has 2 nitrogen and oxygen atoms in total. The first kappa shape index (κ1) is 12.0. The zero-order valence-electron chi connectivity index (χ0n) is 10.4. The summed E-state index contributed by atoms with van der Waals surface area (Å²) >= 11 is 0. The summed E-state index contributed by atoms with van der Waals surface area (Å²) in [5, 5.41) is 9.00. The highest BCUT2D eigenvalue weighted by Crippen LogP contribution is 2.29. The molecule has 2 rings (SSSR count). The molecular formula is C15H19NO. The average Bonchev–Trinajstić information content (AvgIpc) is 2.79. The third-order valence-electron chi connectivity index (χ3n) is 3.37. The Morgan fingerprint density at radius 3 is 2.71 bits per heavy atom. The van der Waals surface area contributed by atoms with E-state index in [0.29, 0.717) is 0 Å². The number of hydrogen-bond acceptors (Lipinski definition) is 2. The summed E-state index contributed by atoms with van der Waals surface area (Å²) in [6, 6.07) is 10.6. The Morgan fingerprint density at radius 1 is 1.29 bits per heavy atom. The van der Waals surface area contributed by atoms with Crippen LogP contribution < -0.4 is 4.74 Å². The van der Waals surface area contributed by atoms with Crippen molar-refractivity contribution in [2.45, 2.75) is 45.1 Å². The Bertz CT molecular complexity index is 390. The fourth-order valence-electron chi connectivity index (χ4n) is 2.41. The quantitative estimate of drug-likeness (QED) is 0.788. The van der Waals surface area contributed by atoms with Gasteiger partial charge < -0.3 is 4.74 Å². The van der Waals surface area contributed by atoms with Gasteiger partial charge in [-0.05, 0) is 43.4 Å². The van der Waals surface area contributed by atoms with Crippen molar-refractivity contribution in [2.24, 2.45) is 5.92 Å². The van der Waals surface area contributed by atoms with Gasteiger partial charge in [0.2, 0.25) is 0 Å². The molecule has 0 aromatic heterocycles. The Balaban J connectivity index is 1.97. The maximum absolute atomic E-state index is 9.00. The highest BCUT2D eigenvalue weighted by molar-refractivity contribution is 5.27. The highest BCUT2D eigenvalue weighted by Gasteiger charge is 2.28. The minimum absolute atomic E-state index is 0.0744. The molecule has 1 fully saturated rings. The van der Waals surface area contributed by atoms with Gasteiger partial charge in [-0.1, -0.05) is 25.5 Å². The summed E-state index contributed by atoms with van der Waals surface area (Å²) in [7, 11) is 0. The van der Waals surface area contributed by atoms with E-state index in [2.05, 4.69) is 25.1 Å². The number of nitriles is 1. The largest absolute Gasteiger partial charge is 0.489 e. The molecule has 2 heteroatoms. The van der Waals surface area contributed by atoms with Gasteiger partial charge in [0.1, 0.15) is 11.9 Å². The van der Waals surface area contributed by atoms with E-state index in [1.54, 1.807) is 0 Å². The molecule has 2 atom stereocenters. The summed E-state index contributed by atoms with van der Waals surface area (Å²) < 4.78 is 5.89. The summed E-state index contributed by atoms with van der Waals surface area (Å²) in [6.45, 7) is 2.18. The molecule has 1 saturated carbocycles. The normalized spacial score (nSPS) is 23.3. The van der Waals surface area contributed by atoms with Crippen LogP contribution in [0.1, 0.15) is 38.2 Å². The fourth-order valence-corrected chi connectivity index (χ4v) is 2.41. The van der Waals surface area contributed by atoms with Crippen LogP contribution in [0.15, 0.2) is 24.3 Å². The Hall–Kier alpha value is -1.49. The van der Waals surface area contributed by atoms with E-state index in [4.69, 9.17) is 10.00 Å². The van der Waals surface area contributed by atoms with E-state index >= 15 is 0 Å². The lowest BCUT2D eigenvalue weighted by atomic mass is 10.1. The first-order chi connectivity index (χ1) is 8.33. The Kier molecular flexibility index (Phi) is 4.03. The molecule has 0 heterocycles. The van der Waals surface area contributed by atoms with Crippen LogP contribution in [0, 0.1) is 17.2 Å². The number of hydrogen-bond donors (Lipinski definition) is 0. The van der Waals surface area contributed by atoms with E-state index in [1.165, 1.54) is 12.0 Å². The fraction of sp³-hybridized carbons (Fsp3) is 0.533. The van der Waals surface area contributed by atoms with Crippen LogP contribution in [0.5, 0.6) is 5.75 Å². The van der Waals surface area contributed by atoms with Crippen molar-refractivity contribution in [1.29, 1.82) is 5.26 Å². The summed E-state index contributed by atoms with van der Waals surface area (Å²) in [5.74, 6) is 0.974. The number of aryl methyl sites for hydroxylation is 1. The molecule has 0 radical (unpaired) electrons. The molecule has 17 heavy (non-hydrogen) atoms. The molecule has 1 aromatic rings. The maximum Gasteiger partial charge on any atom is 0.119 e. The SMILES string of the molecule is CCCc1ccc(OC2CCCC2C#N)cc1. The lowest BCUT2D eigenvalue weighted by Gasteiger charge is -2.16. The molecule has 0 aliphatic heterocycles. The lowest BCUT2D eigenvalue weighted by Crippen LogP contribution is -2.19. The number of ether oxygens (including phenoxy) is 1. The molecule has 1 aromatic carbocycles. The van der Waals surface area contributed by atoms with Crippen molar-refractivity contribution in [3.63, 3.8) is 0 Å². The monoisotopic (exact) mass is 229 g/mol. The highest BCUT2D eigenvalue weighted by atomic mass is 16.5. The van der Waals surface area contributed by atoms with Crippen molar-refractivity contribution in [1.82, 2.24) is 0 Å². The van der Waals surface area contributed by atoms with Crippen molar-refractivity contribution in [2.75, 3.05) is 0 Å². The van der Waals surface area contributed by atoms with E-state index in [0.717, 1.165) is 31.4 Å². The third kappa shape index (κ3) is 3.00. The molecule has 0 N–H and O–H groups in total. The smallest absolute Gasteiger partial charge is 0.119 e. The predicted molar refractivity (Wildman–Crippen MR) is 67.8 cm³/mol. The Labute approximate surface area is 103 Å². The molecule has 90 valence electrons. The average molecular weight is 229 g/mol. The minimum Gasteiger partial charge on any atom is -0.489 e. The molecule has 2 unspecified atom stereocenters. The van der Waals surface area contributed by atoms with Crippen LogP contribution >= 0.6 is 0 Å². The van der Waals surface area contributed by atoms with Crippen LogP contribution in [0.2, 0.25) is 0 Å². The zero-order valence-corrected chi connectivity index (χ0v) is 10.4. The molecule has 0 bridgehead atoms. The van der Waals surface area contributed by atoms with Gasteiger partial charge in [-0.2, -0.15) is 5.26 Å². The van der Waals surface area contributed by atoms with Gasteiger partial charge in [0.05, 0.1) is 12.0 Å². The van der Waals surface area contributed by atoms with Crippen LogP contribution in [-0.4, -0.2) is 6.10 Å². The van der Waals surface area contributed by atoms with Gasteiger partial charge in [-0.15, -0.1) is 0 Å². The number of benzene rings is 1. The predicted octanol–water partition coefficient (Wildman–Crippen LogP) is 3.71. The van der Waals surface area contributed by atoms with Gasteiger partial charge in [-0.3, -0.25) is 0 Å². The number of nitrogens with zero attached hydrogens (tertiary/aromatic N) is 1. The van der Waals surface area contributed by atoms with Crippen LogP contribution in [0.3, 0.4) is 0 Å². The standard InChI is InChI=1S/C15H19NO/c1-2-4-12-7-9-14(10-8-12)17-15-6-3-5-13(15)11-16/h7-10,13,15H,2-6H2,1H3. The second-order valence-corrected chi connectivity index (χ2v) is 4.72. The molecule has 0 saturated heterocycles. The summed E-state index contributed by atoms with van der Waals surface area (Å²) in [5.41, 5.74) is 1.35. The van der Waals surface area contributed by atoms with Gasteiger partial charge in [0.15, 0.2) is 0 Å². The van der Waals surface area contributed by atoms with Gasteiger partial charge >= 0.3 is 0 Å². The second kappa shape index (κ2) is 5.72. The molecule has 0 spiro atoms. The maximum atomic E-state index is 9.00. The van der Waals surface area contributed by atoms with Gasteiger partial charge in [-0.25, -0.2) is 0 Å². The Morgan fingerprint density at radius 2 is 2.06 bits per heavy atom. The first-order valence-corrected chi connectivity index (χ1v) is 6.48. The van der Waals surface area contributed by atoms with Crippen molar-refractivity contribution < 1.29 is 4.74 Å². The van der Waals surface area contributed by atoms with Crippen LogP contribution in [0.25, 0.3) is 0 Å². The summed E-state index contributed by atoms with van der Waals surface area (Å²) in [4.78, 5) is 0. The van der Waals surface area contributed by atoms with E-state index in [1.807, 2.05) is 12.1 Å². The molecule has 1 aliphatic rings. The van der Waals surface area contributed by atoms with Crippen LogP contribution in [0.4, 0.5) is 0 Å². The van der Waals surface area contributed by atoms with Crippen molar-refractivity contribution >= 4 is 0 Å². The molecule has 1 aliphatic carbocycles. The first-order valence-electron chi connectivity index (χ1n) is 6.48. The van der Waals surface area contributed by atoms with Gasteiger partial charge in [0, 0.05) is 0 Å². The second-order valence-electron chi connectivity index (χ2n) is 4.72. The minimum atomic E-state index is 0.0744. The molecule has 0 amide bonds. The lowest BCUT2D eigenvalue weighted by molar-refractivity contribution is 0.182. The molecular weight excluding hydrogens is 210 g/mol. The van der Waals surface area contributed by atoms with E-state index in [9.17, 15) is 0 Å². The van der Waals surface area contributed by atoms with Crippen molar-refractivity contribution in [3.8, 4) is 11.8 Å². The van der Waals surface area contributed by atoms with E-state index in [-0.39, 0.29) is 12.0 Å². The van der Waals surface area contributed by atoms with Gasteiger partial charge in [0.25, 0.3) is 0 Å². The summed E-state index contributed by atoms with van der Waals surface area (Å²) in [6.07, 6.45) is 5.47. The van der Waals surface area contributed by atoms with Crippen molar-refractivity contribution in [3.05, 3.63) is 29.8 Å².